The number of ether oxygens (including phenoxy) is 1. The first kappa shape index (κ1) is 16.9. The molecule has 2 atom stereocenters. The molecule has 1 fully saturated rings. The van der Waals surface area contributed by atoms with Gasteiger partial charge in [0.05, 0.1) is 11.4 Å². The van der Waals surface area contributed by atoms with Gasteiger partial charge in [0.2, 0.25) is 5.91 Å². The molecule has 1 saturated heterocycles. The van der Waals surface area contributed by atoms with Crippen LogP contribution in [0.5, 0.6) is 0 Å². The number of Topliss-reactive ketones (excluding diaryl/α,β-unsaturated/α-hetero) is 1. The second-order valence-electron chi connectivity index (χ2n) is 5.81. The summed E-state index contributed by atoms with van der Waals surface area (Å²) in [6.07, 6.45) is 0.339. The molecular weight excluding hydrogens is 328 g/mol. The van der Waals surface area contributed by atoms with Crippen LogP contribution in [-0.2, 0) is 14.3 Å². The number of hydrogen-bond donors (Lipinski definition) is 2. The first-order valence-electron chi connectivity index (χ1n) is 6.59. The van der Waals surface area contributed by atoms with Crippen molar-refractivity contribution in [2.24, 2.45) is 5.92 Å². The van der Waals surface area contributed by atoms with Crippen LogP contribution < -0.4 is 10.6 Å². The van der Waals surface area contributed by atoms with Gasteiger partial charge in [-0.1, -0.05) is 15.9 Å². The van der Waals surface area contributed by atoms with E-state index in [1.165, 1.54) is 0 Å². The zero-order chi connectivity index (χ0) is 15.3. The molecule has 2 amide bonds. The lowest BCUT2D eigenvalue weighted by atomic mass is 9.96. The van der Waals surface area contributed by atoms with E-state index >= 15 is 0 Å². The molecule has 20 heavy (non-hydrogen) atoms. The molecule has 0 bridgehead atoms. The summed E-state index contributed by atoms with van der Waals surface area (Å²) in [7, 11) is 0. The van der Waals surface area contributed by atoms with E-state index in [9.17, 15) is 14.4 Å². The van der Waals surface area contributed by atoms with Crippen molar-refractivity contribution in [3.63, 3.8) is 0 Å². The van der Waals surface area contributed by atoms with Crippen LogP contribution in [0.3, 0.4) is 0 Å². The van der Waals surface area contributed by atoms with Crippen LogP contribution in [0.15, 0.2) is 0 Å². The summed E-state index contributed by atoms with van der Waals surface area (Å²) in [6, 6.07) is -0.710. The van der Waals surface area contributed by atoms with Gasteiger partial charge in [-0.25, -0.2) is 4.79 Å². The van der Waals surface area contributed by atoms with Gasteiger partial charge in [0, 0.05) is 12.5 Å². The van der Waals surface area contributed by atoms with E-state index in [4.69, 9.17) is 4.74 Å². The number of carbonyl (C=O) groups is 3. The van der Waals surface area contributed by atoms with Crippen molar-refractivity contribution in [1.29, 1.82) is 0 Å². The first-order valence-corrected chi connectivity index (χ1v) is 7.71. The van der Waals surface area contributed by atoms with Crippen molar-refractivity contribution in [2.45, 2.75) is 45.3 Å². The molecule has 0 spiro atoms. The number of ketones is 1. The smallest absolute Gasteiger partial charge is 0.408 e. The molecule has 0 saturated carbocycles. The lowest BCUT2D eigenvalue weighted by Gasteiger charge is -2.23. The standard InChI is InChI=1S/C13H21BrN2O4/c1-13(2,3)20-12(19)16-9(10(17)7-14)6-8-4-5-15-11(8)18/h8-9H,4-7H2,1-3H3,(H,15,18)(H,16,19)/t8-,9-/m0/s1. The average molecular weight is 349 g/mol. The highest BCUT2D eigenvalue weighted by Crippen LogP contribution is 2.17. The lowest BCUT2D eigenvalue weighted by molar-refractivity contribution is -0.123. The third kappa shape index (κ3) is 5.48. The summed E-state index contributed by atoms with van der Waals surface area (Å²) in [6.45, 7) is 5.86. The molecule has 1 heterocycles. The predicted octanol–water partition coefficient (Wildman–Crippen LogP) is 1.37. The van der Waals surface area contributed by atoms with Crippen LogP contribution in [0, 0.1) is 5.92 Å². The molecular formula is C13H21BrN2O4. The van der Waals surface area contributed by atoms with Gasteiger partial charge in [0.15, 0.2) is 5.78 Å². The number of halogens is 1. The van der Waals surface area contributed by atoms with Crippen LogP contribution in [0.25, 0.3) is 0 Å². The van der Waals surface area contributed by atoms with Crippen molar-refractivity contribution < 1.29 is 19.1 Å². The molecule has 1 aliphatic heterocycles. The summed E-state index contributed by atoms with van der Waals surface area (Å²) in [5.41, 5.74) is -0.628. The third-order valence-electron chi connectivity index (χ3n) is 2.89. The Bertz CT molecular complexity index is 392. The van der Waals surface area contributed by atoms with E-state index in [1.54, 1.807) is 20.8 Å². The molecule has 6 nitrogen and oxygen atoms in total. The fourth-order valence-electron chi connectivity index (χ4n) is 1.97. The van der Waals surface area contributed by atoms with E-state index in [1.807, 2.05) is 0 Å². The molecule has 0 aromatic carbocycles. The summed E-state index contributed by atoms with van der Waals surface area (Å²) in [4.78, 5) is 35.2. The topological polar surface area (TPSA) is 84.5 Å². The van der Waals surface area contributed by atoms with Gasteiger partial charge < -0.3 is 15.4 Å². The molecule has 1 rings (SSSR count). The van der Waals surface area contributed by atoms with Crippen LogP contribution in [0.1, 0.15) is 33.6 Å². The third-order valence-corrected chi connectivity index (χ3v) is 3.45. The maximum Gasteiger partial charge on any atom is 0.408 e. The summed E-state index contributed by atoms with van der Waals surface area (Å²) in [5.74, 6) is -0.475. The van der Waals surface area contributed by atoms with Crippen molar-refractivity contribution >= 4 is 33.7 Å². The number of alkyl halides is 1. The maximum absolute atomic E-state index is 11.9. The molecule has 0 aromatic heterocycles. The summed E-state index contributed by atoms with van der Waals surface area (Å²) < 4.78 is 5.14. The lowest BCUT2D eigenvalue weighted by Crippen LogP contribution is -2.45. The Morgan fingerprint density at radius 3 is 2.60 bits per heavy atom. The number of alkyl carbamates (subject to hydrolysis) is 1. The highest BCUT2D eigenvalue weighted by atomic mass is 79.9. The molecule has 0 aliphatic carbocycles. The van der Waals surface area contributed by atoms with Gasteiger partial charge in [-0.05, 0) is 33.6 Å². The Balaban J connectivity index is 2.62. The Morgan fingerprint density at radius 2 is 2.15 bits per heavy atom. The number of amides is 2. The highest BCUT2D eigenvalue weighted by molar-refractivity contribution is 9.09. The molecule has 0 radical (unpaired) electrons. The van der Waals surface area contributed by atoms with Crippen molar-refractivity contribution in [3.8, 4) is 0 Å². The number of carbonyl (C=O) groups excluding carboxylic acids is 3. The maximum atomic E-state index is 11.9. The number of nitrogens with one attached hydrogen (secondary N) is 2. The van der Waals surface area contributed by atoms with E-state index in [-0.39, 0.29) is 22.9 Å². The first-order chi connectivity index (χ1) is 9.23. The highest BCUT2D eigenvalue weighted by Gasteiger charge is 2.31. The minimum absolute atomic E-state index is 0.0663. The molecule has 2 N–H and O–H groups in total. The van der Waals surface area contributed by atoms with Crippen LogP contribution in [-0.4, -0.2) is 41.3 Å². The Labute approximate surface area is 127 Å². The predicted molar refractivity (Wildman–Crippen MR) is 77.7 cm³/mol. The normalized spacial score (nSPS) is 20.2. The molecule has 114 valence electrons. The molecule has 0 aromatic rings. The summed E-state index contributed by atoms with van der Waals surface area (Å²) >= 11 is 3.09. The molecule has 7 heteroatoms. The second-order valence-corrected chi connectivity index (χ2v) is 6.37. The zero-order valence-electron chi connectivity index (χ0n) is 12.0. The van der Waals surface area contributed by atoms with Crippen molar-refractivity contribution in [2.75, 3.05) is 11.9 Å². The summed E-state index contributed by atoms with van der Waals surface area (Å²) in [5, 5.41) is 5.40. The van der Waals surface area contributed by atoms with Crippen LogP contribution in [0.2, 0.25) is 0 Å². The van der Waals surface area contributed by atoms with E-state index in [0.29, 0.717) is 19.4 Å². The van der Waals surface area contributed by atoms with Gasteiger partial charge in [-0.3, -0.25) is 9.59 Å². The Hall–Kier alpha value is -1.11. The van der Waals surface area contributed by atoms with Gasteiger partial charge in [-0.15, -0.1) is 0 Å². The van der Waals surface area contributed by atoms with Gasteiger partial charge in [0.25, 0.3) is 0 Å². The number of rotatable bonds is 5. The van der Waals surface area contributed by atoms with Crippen LogP contribution >= 0.6 is 15.9 Å². The molecule has 1 aliphatic rings. The second kappa shape index (κ2) is 7.06. The Morgan fingerprint density at radius 1 is 1.50 bits per heavy atom. The zero-order valence-corrected chi connectivity index (χ0v) is 13.6. The minimum atomic E-state index is -0.710. The van der Waals surface area contributed by atoms with Gasteiger partial charge in [-0.2, -0.15) is 0 Å². The molecule has 0 unspecified atom stereocenters. The fraction of sp³-hybridized carbons (Fsp3) is 0.769. The van der Waals surface area contributed by atoms with Crippen molar-refractivity contribution in [3.05, 3.63) is 0 Å². The van der Waals surface area contributed by atoms with Gasteiger partial charge >= 0.3 is 6.09 Å². The van der Waals surface area contributed by atoms with E-state index < -0.39 is 17.7 Å². The Kier molecular flexibility index (Phi) is 5.98. The number of hydrogen-bond acceptors (Lipinski definition) is 4. The largest absolute Gasteiger partial charge is 0.444 e. The van der Waals surface area contributed by atoms with E-state index in [2.05, 4.69) is 26.6 Å². The van der Waals surface area contributed by atoms with Gasteiger partial charge in [0.1, 0.15) is 5.60 Å². The van der Waals surface area contributed by atoms with E-state index in [0.717, 1.165) is 0 Å². The monoisotopic (exact) mass is 348 g/mol. The quantitative estimate of drug-likeness (QED) is 0.735. The van der Waals surface area contributed by atoms with Crippen molar-refractivity contribution in [1.82, 2.24) is 10.6 Å². The minimum Gasteiger partial charge on any atom is -0.444 e. The fourth-order valence-corrected chi connectivity index (χ4v) is 2.36. The SMILES string of the molecule is CC(C)(C)OC(=O)N[C@@H](C[C@@H]1CCNC1=O)C(=O)CBr. The van der Waals surface area contributed by atoms with Crippen LogP contribution in [0.4, 0.5) is 4.79 Å². The average Bonchev–Trinajstić information content (AvgIpc) is 2.70.